The molecule has 0 aliphatic rings. The van der Waals surface area contributed by atoms with Gasteiger partial charge in [-0.05, 0) is 62.7 Å². The predicted molar refractivity (Wildman–Crippen MR) is 221 cm³/mol. The highest BCUT2D eigenvalue weighted by molar-refractivity contribution is 6.88. The topological polar surface area (TPSA) is 38.7 Å². The zero-order valence-electron chi connectivity index (χ0n) is 29.7. The minimum atomic E-state index is -1.34. The van der Waals surface area contributed by atoms with Gasteiger partial charge in [0.05, 0.1) is 8.07 Å². The first-order valence-corrected chi connectivity index (χ1v) is 21.3. The number of benzene rings is 7. The highest BCUT2D eigenvalue weighted by Gasteiger charge is 2.16. The minimum absolute atomic E-state index is 0.643. The summed E-state index contributed by atoms with van der Waals surface area (Å²) in [7, 11) is -1.34. The molecule has 7 aromatic carbocycles. The zero-order chi connectivity index (χ0) is 35.5. The Labute approximate surface area is 307 Å². The second-order valence-electron chi connectivity index (χ2n) is 14.2. The van der Waals surface area contributed by atoms with E-state index in [9.17, 15) is 0 Å². The van der Waals surface area contributed by atoms with Crippen LogP contribution in [0.3, 0.4) is 0 Å². The van der Waals surface area contributed by atoms with Gasteiger partial charge < -0.3 is 0 Å². The van der Waals surface area contributed by atoms with Gasteiger partial charge in [-0.25, -0.2) is 15.0 Å². The van der Waals surface area contributed by atoms with E-state index >= 15 is 0 Å². The molecule has 0 fully saturated rings. The molecule has 8 rings (SSSR count). The number of hydrogen-bond acceptors (Lipinski definition) is 3. The molecule has 0 atom stereocenters. The molecule has 1 aromatic heterocycles. The number of rotatable bonds is 8. The molecule has 0 amide bonds. The third-order valence-corrected chi connectivity index (χ3v) is 11.6. The first-order valence-electron chi connectivity index (χ1n) is 17.8. The quantitative estimate of drug-likeness (QED) is 0.149. The highest BCUT2D eigenvalue weighted by atomic mass is 28.3. The number of nitrogens with zero attached hydrogens (tertiary/aromatic N) is 3. The zero-order valence-corrected chi connectivity index (χ0v) is 30.7. The second kappa shape index (κ2) is 14.2. The lowest BCUT2D eigenvalue weighted by atomic mass is 9.96. The average molecular weight is 686 g/mol. The van der Waals surface area contributed by atoms with Crippen LogP contribution in [0.2, 0.25) is 19.6 Å². The van der Waals surface area contributed by atoms with E-state index in [2.05, 4.69) is 165 Å². The smallest absolute Gasteiger partial charge is 0.164 e. The van der Waals surface area contributed by atoms with E-state index in [0.29, 0.717) is 17.5 Å². The molecule has 0 N–H and O–H groups in total. The molecule has 8 aromatic rings. The van der Waals surface area contributed by atoms with Crippen molar-refractivity contribution in [1.82, 2.24) is 15.0 Å². The van der Waals surface area contributed by atoms with Crippen molar-refractivity contribution in [2.24, 2.45) is 0 Å². The molecule has 250 valence electrons. The van der Waals surface area contributed by atoms with Crippen LogP contribution in [0.5, 0.6) is 0 Å². The van der Waals surface area contributed by atoms with Crippen molar-refractivity contribution in [3.05, 3.63) is 182 Å². The van der Waals surface area contributed by atoms with E-state index in [4.69, 9.17) is 15.0 Å². The Hall–Kier alpha value is -6.23. The van der Waals surface area contributed by atoms with E-state index in [1.165, 1.54) is 27.4 Å². The third kappa shape index (κ3) is 7.16. The summed E-state index contributed by atoms with van der Waals surface area (Å²) in [5.74, 6) is 1.94. The lowest BCUT2D eigenvalue weighted by Crippen LogP contribution is -2.37. The number of hydrogen-bond donors (Lipinski definition) is 0. The van der Waals surface area contributed by atoms with E-state index in [1.807, 2.05) is 36.4 Å². The lowest BCUT2D eigenvalue weighted by Gasteiger charge is -2.17. The largest absolute Gasteiger partial charge is 0.208 e. The standard InChI is InChI=1S/C48H39N3Si/c1-52(2,3)45-29-27-36(28-30-45)40-18-11-21-43(32-40)42-20-10-17-39(31-42)35-23-25-38(26-24-35)47-49-46(37-15-8-5-9-16-37)50-48(51-47)44-22-12-19-41(33-44)34-13-6-4-7-14-34/h4-33H,1-3H3. The third-order valence-electron chi connectivity index (χ3n) is 9.51. The van der Waals surface area contributed by atoms with Gasteiger partial charge in [0.25, 0.3) is 0 Å². The van der Waals surface area contributed by atoms with Crippen LogP contribution in [-0.2, 0) is 0 Å². The van der Waals surface area contributed by atoms with Crippen molar-refractivity contribution < 1.29 is 0 Å². The maximum atomic E-state index is 5.02. The molecule has 0 saturated carbocycles. The molecule has 0 saturated heterocycles. The van der Waals surface area contributed by atoms with Crippen LogP contribution >= 0.6 is 0 Å². The second-order valence-corrected chi connectivity index (χ2v) is 19.3. The average Bonchev–Trinajstić information content (AvgIpc) is 3.21. The van der Waals surface area contributed by atoms with Crippen molar-refractivity contribution in [1.29, 1.82) is 0 Å². The summed E-state index contributed by atoms with van der Waals surface area (Å²) in [6.07, 6.45) is 0. The summed E-state index contributed by atoms with van der Waals surface area (Å²) < 4.78 is 0. The van der Waals surface area contributed by atoms with Gasteiger partial charge >= 0.3 is 0 Å². The van der Waals surface area contributed by atoms with Crippen LogP contribution in [0.25, 0.3) is 78.7 Å². The molecule has 4 heteroatoms. The molecule has 0 bridgehead atoms. The maximum absolute atomic E-state index is 5.02. The van der Waals surface area contributed by atoms with Gasteiger partial charge in [-0.2, -0.15) is 0 Å². The van der Waals surface area contributed by atoms with E-state index < -0.39 is 8.07 Å². The first kappa shape index (κ1) is 32.9. The summed E-state index contributed by atoms with van der Waals surface area (Å²) in [6.45, 7) is 7.17. The van der Waals surface area contributed by atoms with Crippen LogP contribution in [0, 0.1) is 0 Å². The van der Waals surface area contributed by atoms with Gasteiger partial charge in [-0.3, -0.25) is 0 Å². The first-order chi connectivity index (χ1) is 25.4. The Morgan fingerprint density at radius 1 is 0.269 bits per heavy atom. The molecule has 52 heavy (non-hydrogen) atoms. The Morgan fingerprint density at radius 3 is 1.02 bits per heavy atom. The normalized spacial score (nSPS) is 11.4. The van der Waals surface area contributed by atoms with Gasteiger partial charge in [-0.15, -0.1) is 0 Å². The molecule has 3 nitrogen and oxygen atoms in total. The Balaban J connectivity index is 1.10. The monoisotopic (exact) mass is 685 g/mol. The molecule has 0 aliphatic heterocycles. The van der Waals surface area contributed by atoms with Gasteiger partial charge in [0.2, 0.25) is 0 Å². The Morgan fingerprint density at radius 2 is 0.558 bits per heavy atom. The van der Waals surface area contributed by atoms with Crippen LogP contribution in [0.1, 0.15) is 0 Å². The Kier molecular flexibility index (Phi) is 8.98. The fourth-order valence-corrected chi connectivity index (χ4v) is 7.72. The fourth-order valence-electron chi connectivity index (χ4n) is 6.55. The van der Waals surface area contributed by atoms with Crippen molar-refractivity contribution in [2.75, 3.05) is 0 Å². The van der Waals surface area contributed by atoms with E-state index in [0.717, 1.165) is 38.9 Å². The van der Waals surface area contributed by atoms with Gasteiger partial charge in [-0.1, -0.05) is 189 Å². The summed E-state index contributed by atoms with van der Waals surface area (Å²) in [5, 5.41) is 1.48. The molecular weight excluding hydrogens is 647 g/mol. The van der Waals surface area contributed by atoms with E-state index in [1.54, 1.807) is 0 Å². The molecule has 0 spiro atoms. The van der Waals surface area contributed by atoms with Crippen molar-refractivity contribution >= 4 is 13.3 Å². The maximum Gasteiger partial charge on any atom is 0.164 e. The van der Waals surface area contributed by atoms with Crippen LogP contribution in [0.15, 0.2) is 182 Å². The SMILES string of the molecule is C[Si](C)(C)c1ccc(-c2cccc(-c3cccc(-c4ccc(-c5nc(-c6ccccc6)nc(-c6cccc(-c7ccccc7)c6)n5)cc4)c3)c2)cc1. The molecule has 0 radical (unpaired) electrons. The van der Waals surface area contributed by atoms with Crippen LogP contribution < -0.4 is 5.19 Å². The highest BCUT2D eigenvalue weighted by Crippen LogP contribution is 2.32. The molecule has 0 aliphatic carbocycles. The van der Waals surface area contributed by atoms with Crippen molar-refractivity contribution in [3.8, 4) is 78.7 Å². The summed E-state index contributed by atoms with van der Waals surface area (Å²) in [6, 6.07) is 64.2. The summed E-state index contributed by atoms with van der Waals surface area (Å²) in [5.41, 5.74) is 12.3. The van der Waals surface area contributed by atoms with Crippen molar-refractivity contribution in [3.63, 3.8) is 0 Å². The predicted octanol–water partition coefficient (Wildman–Crippen LogP) is 12.1. The van der Waals surface area contributed by atoms with E-state index in [-0.39, 0.29) is 0 Å². The van der Waals surface area contributed by atoms with Gasteiger partial charge in [0, 0.05) is 16.7 Å². The van der Waals surface area contributed by atoms with Crippen LogP contribution in [-0.4, -0.2) is 23.0 Å². The fraction of sp³-hybridized carbons (Fsp3) is 0.0625. The van der Waals surface area contributed by atoms with Gasteiger partial charge in [0.15, 0.2) is 17.5 Å². The minimum Gasteiger partial charge on any atom is -0.208 e. The Bertz CT molecular complexity index is 2470. The molecular formula is C48H39N3Si. The summed E-state index contributed by atoms with van der Waals surface area (Å²) >= 11 is 0. The van der Waals surface area contributed by atoms with Crippen LogP contribution in [0.4, 0.5) is 0 Å². The number of aromatic nitrogens is 3. The molecule has 0 unspecified atom stereocenters. The lowest BCUT2D eigenvalue weighted by molar-refractivity contribution is 1.07. The molecule has 1 heterocycles. The van der Waals surface area contributed by atoms with Gasteiger partial charge in [0.1, 0.15) is 0 Å². The summed E-state index contributed by atoms with van der Waals surface area (Å²) in [4.78, 5) is 14.9. The van der Waals surface area contributed by atoms with Crippen molar-refractivity contribution in [2.45, 2.75) is 19.6 Å².